The van der Waals surface area contributed by atoms with Crippen molar-refractivity contribution < 1.29 is 0 Å². The lowest BCUT2D eigenvalue weighted by Crippen LogP contribution is -2.32. The van der Waals surface area contributed by atoms with E-state index in [2.05, 4.69) is 16.8 Å². The molecule has 0 aliphatic rings. The Hall–Kier alpha value is -1.03. The zero-order valence-corrected chi connectivity index (χ0v) is 7.74. The fraction of sp³-hybridized carbons (Fsp3) is 0.625. The Morgan fingerprint density at radius 2 is 2.33 bits per heavy atom. The Kier molecular flexibility index (Phi) is 2.70. The van der Waals surface area contributed by atoms with Crippen LogP contribution in [0.2, 0.25) is 0 Å². The molecule has 0 amide bonds. The highest BCUT2D eigenvalue weighted by molar-refractivity contribution is 4.77. The molecule has 0 saturated heterocycles. The van der Waals surface area contributed by atoms with Crippen molar-refractivity contribution in [2.75, 3.05) is 14.1 Å². The van der Waals surface area contributed by atoms with Crippen LogP contribution >= 0.6 is 0 Å². The Morgan fingerprint density at radius 1 is 1.67 bits per heavy atom. The van der Waals surface area contributed by atoms with Gasteiger partial charge in [0.25, 0.3) is 0 Å². The average molecular weight is 169 g/mol. The molecule has 0 fully saturated rings. The summed E-state index contributed by atoms with van der Waals surface area (Å²) in [6, 6.07) is 0.374. The Labute approximate surface area is 71.8 Å². The number of rotatable bonds is 3. The van der Waals surface area contributed by atoms with Crippen LogP contribution < -0.4 is 5.69 Å². The second kappa shape index (κ2) is 3.58. The fourth-order valence-electron chi connectivity index (χ4n) is 0.941. The number of hydrogen-bond acceptors (Lipinski definition) is 2. The first-order valence-corrected chi connectivity index (χ1v) is 4.01. The van der Waals surface area contributed by atoms with E-state index < -0.39 is 0 Å². The SMILES string of the molecule is CC(Cn1cc[nH]c1=O)N(C)C. The van der Waals surface area contributed by atoms with Gasteiger partial charge in [-0.3, -0.25) is 4.57 Å². The topological polar surface area (TPSA) is 41.0 Å². The summed E-state index contributed by atoms with van der Waals surface area (Å²) in [5.41, 5.74) is -0.0382. The maximum atomic E-state index is 11.1. The molecule has 1 heterocycles. The van der Waals surface area contributed by atoms with Crippen LogP contribution in [0.3, 0.4) is 0 Å². The van der Waals surface area contributed by atoms with Gasteiger partial charge in [0.1, 0.15) is 0 Å². The smallest absolute Gasteiger partial charge is 0.313 e. The third-order valence-electron chi connectivity index (χ3n) is 2.06. The molecule has 4 heteroatoms. The first-order chi connectivity index (χ1) is 5.61. The lowest BCUT2D eigenvalue weighted by Gasteiger charge is -2.19. The minimum absolute atomic E-state index is 0.0382. The van der Waals surface area contributed by atoms with Gasteiger partial charge in [0, 0.05) is 25.0 Å². The summed E-state index contributed by atoms with van der Waals surface area (Å²) in [5, 5.41) is 0. The van der Waals surface area contributed by atoms with Gasteiger partial charge < -0.3 is 9.88 Å². The number of nitrogens with one attached hydrogen (secondary N) is 1. The summed E-state index contributed by atoms with van der Waals surface area (Å²) in [5.74, 6) is 0. The van der Waals surface area contributed by atoms with Crippen molar-refractivity contribution in [3.05, 3.63) is 22.9 Å². The van der Waals surface area contributed by atoms with Crippen LogP contribution in [0.15, 0.2) is 17.2 Å². The van der Waals surface area contributed by atoms with Gasteiger partial charge in [-0.05, 0) is 21.0 Å². The third kappa shape index (κ3) is 1.98. The molecule has 0 bridgehead atoms. The first-order valence-electron chi connectivity index (χ1n) is 4.01. The zero-order valence-electron chi connectivity index (χ0n) is 7.74. The summed E-state index contributed by atoms with van der Waals surface area (Å²) < 4.78 is 1.67. The van der Waals surface area contributed by atoms with Crippen molar-refractivity contribution in [1.82, 2.24) is 14.5 Å². The van der Waals surface area contributed by atoms with Gasteiger partial charge >= 0.3 is 5.69 Å². The average Bonchev–Trinajstić information content (AvgIpc) is 2.36. The number of aromatic nitrogens is 2. The first kappa shape index (κ1) is 9.06. The normalized spacial score (nSPS) is 13.7. The molecule has 1 aromatic heterocycles. The molecule has 4 nitrogen and oxygen atoms in total. The second-order valence-corrected chi connectivity index (χ2v) is 3.23. The lowest BCUT2D eigenvalue weighted by molar-refractivity contribution is 0.282. The highest BCUT2D eigenvalue weighted by Gasteiger charge is 2.05. The summed E-state index contributed by atoms with van der Waals surface area (Å²) in [6.07, 6.45) is 3.42. The fourth-order valence-corrected chi connectivity index (χ4v) is 0.941. The van der Waals surface area contributed by atoms with Crippen LogP contribution in [0.25, 0.3) is 0 Å². The molecule has 68 valence electrons. The van der Waals surface area contributed by atoms with Gasteiger partial charge in [0.15, 0.2) is 0 Å². The van der Waals surface area contributed by atoms with Gasteiger partial charge in [0.05, 0.1) is 0 Å². The monoisotopic (exact) mass is 169 g/mol. The standard InChI is InChI=1S/C8H15N3O/c1-7(10(2)3)6-11-5-4-9-8(11)12/h4-5,7H,6H2,1-3H3,(H,9,12). The van der Waals surface area contributed by atoms with Crippen LogP contribution in [0, 0.1) is 0 Å². The van der Waals surface area contributed by atoms with Gasteiger partial charge in [0.2, 0.25) is 0 Å². The molecule has 0 aliphatic heterocycles. The van der Waals surface area contributed by atoms with Gasteiger partial charge in [-0.1, -0.05) is 0 Å². The molecule has 1 N–H and O–H groups in total. The van der Waals surface area contributed by atoms with Crippen molar-refractivity contribution in [1.29, 1.82) is 0 Å². The summed E-state index contributed by atoms with van der Waals surface area (Å²) in [6.45, 7) is 2.81. The molecule has 1 aromatic rings. The van der Waals surface area contributed by atoms with Gasteiger partial charge in [-0.25, -0.2) is 4.79 Å². The van der Waals surface area contributed by atoms with E-state index in [0.29, 0.717) is 6.04 Å². The molecular formula is C8H15N3O. The molecule has 0 spiro atoms. The second-order valence-electron chi connectivity index (χ2n) is 3.23. The number of nitrogens with zero attached hydrogens (tertiary/aromatic N) is 2. The highest BCUT2D eigenvalue weighted by atomic mass is 16.1. The van der Waals surface area contributed by atoms with E-state index in [4.69, 9.17) is 0 Å². The number of likely N-dealkylation sites (N-methyl/N-ethyl adjacent to an activating group) is 1. The molecule has 0 aliphatic carbocycles. The van der Waals surface area contributed by atoms with Crippen molar-refractivity contribution in [2.24, 2.45) is 0 Å². The van der Waals surface area contributed by atoms with Crippen LogP contribution in [0.4, 0.5) is 0 Å². The Morgan fingerprint density at radius 3 is 2.75 bits per heavy atom. The number of H-pyrrole nitrogens is 1. The van der Waals surface area contributed by atoms with Crippen molar-refractivity contribution in [2.45, 2.75) is 19.5 Å². The van der Waals surface area contributed by atoms with E-state index in [-0.39, 0.29) is 5.69 Å². The van der Waals surface area contributed by atoms with E-state index in [1.165, 1.54) is 0 Å². The summed E-state index contributed by atoms with van der Waals surface area (Å²) in [4.78, 5) is 15.8. The number of hydrogen-bond donors (Lipinski definition) is 1. The Bertz CT molecular complexity index is 286. The van der Waals surface area contributed by atoms with Crippen molar-refractivity contribution in [3.63, 3.8) is 0 Å². The van der Waals surface area contributed by atoms with Crippen molar-refractivity contribution in [3.8, 4) is 0 Å². The van der Waals surface area contributed by atoms with E-state index in [0.717, 1.165) is 6.54 Å². The minimum Gasteiger partial charge on any atom is -0.313 e. The predicted molar refractivity (Wildman–Crippen MR) is 48.2 cm³/mol. The summed E-state index contributed by atoms with van der Waals surface area (Å²) in [7, 11) is 4.00. The molecule has 0 aromatic carbocycles. The van der Waals surface area contributed by atoms with E-state index in [9.17, 15) is 4.79 Å². The zero-order chi connectivity index (χ0) is 9.14. The van der Waals surface area contributed by atoms with E-state index in [1.807, 2.05) is 14.1 Å². The predicted octanol–water partition coefficient (Wildman–Crippen LogP) is 0.127. The van der Waals surface area contributed by atoms with E-state index >= 15 is 0 Å². The van der Waals surface area contributed by atoms with Crippen LogP contribution in [0.1, 0.15) is 6.92 Å². The maximum absolute atomic E-state index is 11.1. The number of aromatic amines is 1. The third-order valence-corrected chi connectivity index (χ3v) is 2.06. The Balaban J connectivity index is 2.64. The lowest BCUT2D eigenvalue weighted by atomic mass is 10.3. The van der Waals surface area contributed by atoms with E-state index in [1.54, 1.807) is 17.0 Å². The molecule has 1 unspecified atom stereocenters. The summed E-state index contributed by atoms with van der Waals surface area (Å²) >= 11 is 0. The van der Waals surface area contributed by atoms with Crippen LogP contribution in [-0.2, 0) is 6.54 Å². The molecular weight excluding hydrogens is 154 g/mol. The molecule has 1 atom stereocenters. The highest BCUT2D eigenvalue weighted by Crippen LogP contribution is 1.93. The molecule has 1 rings (SSSR count). The molecule has 0 saturated carbocycles. The largest absolute Gasteiger partial charge is 0.325 e. The minimum atomic E-state index is -0.0382. The van der Waals surface area contributed by atoms with Crippen molar-refractivity contribution >= 4 is 0 Å². The molecule has 0 radical (unpaired) electrons. The van der Waals surface area contributed by atoms with Gasteiger partial charge in [-0.15, -0.1) is 0 Å². The number of imidazole rings is 1. The molecule has 12 heavy (non-hydrogen) atoms. The maximum Gasteiger partial charge on any atom is 0.325 e. The van der Waals surface area contributed by atoms with Crippen LogP contribution in [-0.4, -0.2) is 34.6 Å². The van der Waals surface area contributed by atoms with Crippen LogP contribution in [0.5, 0.6) is 0 Å². The quantitative estimate of drug-likeness (QED) is 0.698. The van der Waals surface area contributed by atoms with Gasteiger partial charge in [-0.2, -0.15) is 0 Å².